The van der Waals surface area contributed by atoms with Crippen molar-refractivity contribution >= 4 is 11.7 Å². The molecule has 1 aliphatic rings. The number of pyridine rings is 1. The zero-order valence-electron chi connectivity index (χ0n) is 17.2. The van der Waals surface area contributed by atoms with Gasteiger partial charge in [-0.1, -0.05) is 19.1 Å². The van der Waals surface area contributed by atoms with Gasteiger partial charge in [0.05, 0.1) is 17.7 Å². The molecule has 1 amide bonds. The second kappa shape index (κ2) is 10.1. The Hall–Kier alpha value is -3.04. The first kappa shape index (κ1) is 21.7. The van der Waals surface area contributed by atoms with Crippen LogP contribution >= 0.6 is 0 Å². The molecule has 0 bridgehead atoms. The molecule has 1 saturated heterocycles. The number of aryl methyl sites for hydroxylation is 1. The fourth-order valence-electron chi connectivity index (χ4n) is 3.96. The van der Waals surface area contributed by atoms with Gasteiger partial charge in [0.25, 0.3) is 0 Å². The molecule has 0 spiro atoms. The molecule has 3 rings (SSSR count). The monoisotopic (exact) mass is 404 g/mol. The molecule has 0 aliphatic carbocycles. The molecule has 2 unspecified atom stereocenters. The van der Waals surface area contributed by atoms with Crippen molar-refractivity contribution in [3.63, 3.8) is 0 Å². The van der Waals surface area contributed by atoms with E-state index in [1.54, 1.807) is 43.6 Å². The molecular formula is C24H26N3O3. The Morgan fingerprint density at radius 3 is 2.57 bits per heavy atom. The largest absolute Gasteiger partial charge is 0.339 e. The quantitative estimate of drug-likeness (QED) is 0.659. The molecule has 0 saturated carbocycles. The average molecular weight is 404 g/mol. The number of nitriles is 1. The van der Waals surface area contributed by atoms with Crippen molar-refractivity contribution in [1.82, 2.24) is 9.88 Å². The minimum absolute atomic E-state index is 0.0661. The number of carbonyl (C=O) groups is 2. The van der Waals surface area contributed by atoms with Gasteiger partial charge in [-0.25, -0.2) is 5.11 Å². The maximum atomic E-state index is 13.1. The molecule has 1 aromatic carbocycles. The molecule has 0 N–H and O–H groups in total. The van der Waals surface area contributed by atoms with Gasteiger partial charge in [-0.2, -0.15) is 5.26 Å². The van der Waals surface area contributed by atoms with E-state index in [4.69, 9.17) is 5.26 Å². The lowest BCUT2D eigenvalue weighted by molar-refractivity contribution is -0.141. The molecule has 155 valence electrons. The second-order valence-corrected chi connectivity index (χ2v) is 7.94. The van der Waals surface area contributed by atoms with Gasteiger partial charge < -0.3 is 4.90 Å². The van der Waals surface area contributed by atoms with E-state index in [9.17, 15) is 14.7 Å². The lowest BCUT2D eigenvalue weighted by atomic mass is 9.91. The van der Waals surface area contributed by atoms with Crippen molar-refractivity contribution in [3.05, 3.63) is 65.5 Å². The van der Waals surface area contributed by atoms with Crippen LogP contribution in [-0.4, -0.2) is 40.3 Å². The minimum atomic E-state index is -0.646. The summed E-state index contributed by atoms with van der Waals surface area (Å²) in [5.74, 6) is -0.643. The van der Waals surface area contributed by atoms with Gasteiger partial charge in [-0.15, -0.1) is 0 Å². The first-order valence-corrected chi connectivity index (χ1v) is 10.4. The van der Waals surface area contributed by atoms with Crippen LogP contribution in [0.15, 0.2) is 48.8 Å². The fourth-order valence-corrected chi connectivity index (χ4v) is 3.96. The highest BCUT2D eigenvalue weighted by atomic mass is 16.3. The molecule has 30 heavy (non-hydrogen) atoms. The van der Waals surface area contributed by atoms with E-state index in [0.29, 0.717) is 30.5 Å². The minimum Gasteiger partial charge on any atom is -0.339 e. The number of aromatic nitrogens is 1. The normalized spacial score (nSPS) is 19.7. The van der Waals surface area contributed by atoms with Crippen molar-refractivity contribution < 1.29 is 14.7 Å². The fraction of sp³-hybridized carbons (Fsp3) is 0.417. The zero-order chi connectivity index (χ0) is 21.5. The predicted octanol–water partition coefficient (Wildman–Crippen LogP) is 3.59. The number of carbonyl (C=O) groups excluding carboxylic acids is 2. The van der Waals surface area contributed by atoms with E-state index in [2.05, 4.69) is 4.98 Å². The van der Waals surface area contributed by atoms with E-state index in [1.165, 1.54) is 0 Å². The third-order valence-corrected chi connectivity index (χ3v) is 5.72. The Bertz CT molecular complexity index is 906. The Balaban J connectivity index is 1.62. The van der Waals surface area contributed by atoms with Crippen LogP contribution in [0.3, 0.4) is 0 Å². The summed E-state index contributed by atoms with van der Waals surface area (Å²) in [6.07, 6.45) is 5.36. The molecule has 1 radical (unpaired) electrons. The van der Waals surface area contributed by atoms with Crippen molar-refractivity contribution in [2.75, 3.05) is 6.54 Å². The highest BCUT2D eigenvalue weighted by Gasteiger charge is 2.33. The van der Waals surface area contributed by atoms with Crippen LogP contribution in [0.5, 0.6) is 0 Å². The summed E-state index contributed by atoms with van der Waals surface area (Å²) < 4.78 is 0. The number of amides is 1. The number of nitrogens with zero attached hydrogens (tertiary/aromatic N) is 3. The van der Waals surface area contributed by atoms with E-state index < -0.39 is 12.0 Å². The van der Waals surface area contributed by atoms with Crippen LogP contribution in [-0.2, 0) is 16.3 Å². The summed E-state index contributed by atoms with van der Waals surface area (Å²) in [7, 11) is 0. The molecule has 1 aromatic heterocycles. The van der Waals surface area contributed by atoms with Gasteiger partial charge in [-0.3, -0.25) is 14.6 Å². The van der Waals surface area contributed by atoms with Crippen molar-refractivity contribution in [2.24, 2.45) is 5.92 Å². The molecule has 2 aromatic rings. The molecule has 2 heterocycles. The van der Waals surface area contributed by atoms with Crippen LogP contribution in [0, 0.1) is 17.2 Å². The zero-order valence-corrected chi connectivity index (χ0v) is 17.2. The Morgan fingerprint density at radius 2 is 1.90 bits per heavy atom. The molecular weight excluding hydrogens is 378 g/mol. The first-order valence-electron chi connectivity index (χ1n) is 10.4. The number of Topliss-reactive ketones (excluding diaryl/α,β-unsaturated/α-hetero) is 1. The molecule has 6 nitrogen and oxygen atoms in total. The highest BCUT2D eigenvalue weighted by molar-refractivity contribution is 5.98. The average Bonchev–Trinajstić information content (AvgIpc) is 2.78. The van der Waals surface area contributed by atoms with Gasteiger partial charge >= 0.3 is 0 Å². The summed E-state index contributed by atoms with van der Waals surface area (Å²) in [6.45, 7) is 2.22. The summed E-state index contributed by atoms with van der Waals surface area (Å²) in [5.41, 5.74) is 2.13. The molecule has 3 atom stereocenters. The van der Waals surface area contributed by atoms with Crippen LogP contribution in [0.1, 0.15) is 54.1 Å². The standard InChI is InChI=1S/C24H26N3O3/c1-17(14-23(29)20-5-2-19(16-25)3-6-20)24(30)27-13-10-22(28)15-21(27)7-4-18-8-11-26-12-9-18/h2-3,5-6,8-9,11-12,17,21-22H,4,7,10,13-15H2,1H3/t17?,21?,22-/m1/s1. The number of rotatable bonds is 7. The second-order valence-electron chi connectivity index (χ2n) is 7.94. The van der Waals surface area contributed by atoms with Crippen LogP contribution in [0.2, 0.25) is 0 Å². The van der Waals surface area contributed by atoms with E-state index in [1.807, 2.05) is 23.1 Å². The van der Waals surface area contributed by atoms with Gasteiger partial charge in [0.2, 0.25) is 5.91 Å². The van der Waals surface area contributed by atoms with Crippen molar-refractivity contribution in [2.45, 2.75) is 51.2 Å². The van der Waals surface area contributed by atoms with Crippen LogP contribution in [0.25, 0.3) is 0 Å². The van der Waals surface area contributed by atoms with Crippen LogP contribution < -0.4 is 0 Å². The topological polar surface area (TPSA) is 94.0 Å². The number of hydrogen-bond acceptors (Lipinski definition) is 4. The van der Waals surface area contributed by atoms with Gasteiger partial charge in [0.15, 0.2) is 5.78 Å². The summed E-state index contributed by atoms with van der Waals surface area (Å²) >= 11 is 0. The van der Waals surface area contributed by atoms with Gasteiger partial charge in [-0.05, 0) is 55.5 Å². The third kappa shape index (κ3) is 5.52. The number of likely N-dealkylation sites (tertiary alicyclic amines) is 1. The maximum absolute atomic E-state index is 13.1. The first-order chi connectivity index (χ1) is 14.5. The molecule has 1 aliphatic heterocycles. The predicted molar refractivity (Wildman–Crippen MR) is 111 cm³/mol. The number of piperidine rings is 1. The van der Waals surface area contributed by atoms with E-state index in [-0.39, 0.29) is 24.2 Å². The summed E-state index contributed by atoms with van der Waals surface area (Å²) in [6, 6.07) is 12.3. The van der Waals surface area contributed by atoms with Crippen molar-refractivity contribution in [3.8, 4) is 6.07 Å². The smallest absolute Gasteiger partial charge is 0.226 e. The van der Waals surface area contributed by atoms with E-state index >= 15 is 0 Å². The maximum Gasteiger partial charge on any atom is 0.226 e. The van der Waals surface area contributed by atoms with Crippen LogP contribution in [0.4, 0.5) is 0 Å². The third-order valence-electron chi connectivity index (χ3n) is 5.72. The van der Waals surface area contributed by atoms with Gasteiger partial charge in [0, 0.05) is 42.9 Å². The number of benzene rings is 1. The van der Waals surface area contributed by atoms with E-state index in [0.717, 1.165) is 18.4 Å². The Kier molecular flexibility index (Phi) is 7.31. The molecule has 6 heteroatoms. The summed E-state index contributed by atoms with van der Waals surface area (Å²) in [5, 5.41) is 21.0. The lowest BCUT2D eigenvalue weighted by Crippen LogP contribution is -2.49. The lowest BCUT2D eigenvalue weighted by Gasteiger charge is -2.39. The van der Waals surface area contributed by atoms with Gasteiger partial charge in [0.1, 0.15) is 0 Å². The number of hydrogen-bond donors (Lipinski definition) is 0. The molecule has 1 fully saturated rings. The van der Waals surface area contributed by atoms with Crippen molar-refractivity contribution in [1.29, 1.82) is 5.26 Å². The number of ketones is 1. The summed E-state index contributed by atoms with van der Waals surface area (Å²) in [4.78, 5) is 31.5. The Morgan fingerprint density at radius 1 is 1.20 bits per heavy atom. The highest BCUT2D eigenvalue weighted by Crippen LogP contribution is 2.25. The SMILES string of the molecule is CC(CC(=O)c1ccc(C#N)cc1)C(=O)N1CC[C@@H]([O])CC1CCc1ccncc1. The Labute approximate surface area is 177 Å².